The van der Waals surface area contributed by atoms with Gasteiger partial charge in [-0.1, -0.05) is 40.2 Å². The highest BCUT2D eigenvalue weighted by atomic mass is 79.9. The summed E-state index contributed by atoms with van der Waals surface area (Å²) < 4.78 is 8.38. The van der Waals surface area contributed by atoms with Gasteiger partial charge in [-0.2, -0.15) is 10.1 Å². The second kappa shape index (κ2) is 6.28. The van der Waals surface area contributed by atoms with E-state index >= 15 is 0 Å². The predicted molar refractivity (Wildman–Crippen MR) is 96.3 cm³/mol. The molecule has 1 aliphatic rings. The molecule has 6 heteroatoms. The van der Waals surface area contributed by atoms with Crippen molar-refractivity contribution < 1.29 is 4.74 Å². The van der Waals surface area contributed by atoms with E-state index in [0.29, 0.717) is 0 Å². The van der Waals surface area contributed by atoms with Gasteiger partial charge in [0.1, 0.15) is 12.1 Å². The molecule has 2 heterocycles. The van der Waals surface area contributed by atoms with Crippen LogP contribution in [0.2, 0.25) is 0 Å². The molecule has 0 saturated carbocycles. The van der Waals surface area contributed by atoms with Gasteiger partial charge in [-0.05, 0) is 41.8 Å². The molecule has 122 valence electrons. The van der Waals surface area contributed by atoms with Gasteiger partial charge in [0.05, 0.1) is 19.2 Å². The van der Waals surface area contributed by atoms with Crippen LogP contribution < -0.4 is 10.1 Å². The largest absolute Gasteiger partial charge is 0.497 e. The molecule has 2 aromatic carbocycles. The van der Waals surface area contributed by atoms with Crippen molar-refractivity contribution in [3.05, 3.63) is 70.5 Å². The Kier molecular flexibility index (Phi) is 3.98. The van der Waals surface area contributed by atoms with E-state index in [2.05, 4.69) is 61.7 Å². The third-order valence-electron chi connectivity index (χ3n) is 4.36. The van der Waals surface area contributed by atoms with Gasteiger partial charge >= 0.3 is 0 Å². The Morgan fingerprint density at radius 1 is 1.17 bits per heavy atom. The molecule has 0 aliphatic carbocycles. The van der Waals surface area contributed by atoms with Crippen molar-refractivity contribution in [3.63, 3.8) is 0 Å². The van der Waals surface area contributed by atoms with Gasteiger partial charge in [0, 0.05) is 4.47 Å². The first-order chi connectivity index (χ1) is 11.7. The quantitative estimate of drug-likeness (QED) is 0.735. The number of nitrogens with zero attached hydrogens (tertiary/aromatic N) is 3. The van der Waals surface area contributed by atoms with Crippen molar-refractivity contribution in [2.24, 2.45) is 0 Å². The minimum absolute atomic E-state index is 0.137. The molecule has 4 rings (SSSR count). The molecule has 1 aliphatic heterocycles. The Morgan fingerprint density at radius 3 is 2.83 bits per heavy atom. The number of benzene rings is 2. The fraction of sp³-hybridized carbons (Fsp3) is 0.222. The number of rotatable bonds is 3. The second-order valence-electron chi connectivity index (χ2n) is 5.81. The van der Waals surface area contributed by atoms with Gasteiger partial charge in [0.2, 0.25) is 5.95 Å². The molecular weight excluding hydrogens is 368 g/mol. The first-order valence-electron chi connectivity index (χ1n) is 7.80. The molecule has 1 N–H and O–H groups in total. The van der Waals surface area contributed by atoms with Gasteiger partial charge in [-0.3, -0.25) is 0 Å². The normalized spacial score (nSPS) is 19.4. The van der Waals surface area contributed by atoms with Crippen LogP contribution in [0.5, 0.6) is 5.75 Å². The first kappa shape index (κ1) is 15.2. The summed E-state index contributed by atoms with van der Waals surface area (Å²) in [5.74, 6) is 1.65. The lowest BCUT2D eigenvalue weighted by atomic mass is 9.93. The monoisotopic (exact) mass is 384 g/mol. The van der Waals surface area contributed by atoms with Crippen LogP contribution in [0.4, 0.5) is 5.95 Å². The summed E-state index contributed by atoms with van der Waals surface area (Å²) in [6.45, 7) is 0. The summed E-state index contributed by atoms with van der Waals surface area (Å²) in [7, 11) is 1.69. The molecule has 0 saturated heterocycles. The Bertz CT molecular complexity index is 863. The van der Waals surface area contributed by atoms with E-state index in [1.807, 2.05) is 22.9 Å². The number of anilines is 1. The number of hydrogen-bond donors (Lipinski definition) is 1. The summed E-state index contributed by atoms with van der Waals surface area (Å²) in [5.41, 5.74) is 2.40. The lowest BCUT2D eigenvalue weighted by Crippen LogP contribution is -2.28. The van der Waals surface area contributed by atoms with E-state index in [4.69, 9.17) is 4.74 Å². The summed E-state index contributed by atoms with van der Waals surface area (Å²) >= 11 is 3.56. The van der Waals surface area contributed by atoms with Crippen LogP contribution in [0.25, 0.3) is 0 Å². The van der Waals surface area contributed by atoms with E-state index in [0.717, 1.165) is 22.6 Å². The SMILES string of the molecule is COc1cccc([C@@H]2C[C@@H](c3cccc(Br)c3)n3ncnc3N2)c1. The van der Waals surface area contributed by atoms with E-state index in [1.54, 1.807) is 13.4 Å². The van der Waals surface area contributed by atoms with E-state index in [-0.39, 0.29) is 12.1 Å². The van der Waals surface area contributed by atoms with Crippen molar-refractivity contribution in [3.8, 4) is 5.75 Å². The summed E-state index contributed by atoms with van der Waals surface area (Å²) in [5, 5.41) is 7.89. The highest BCUT2D eigenvalue weighted by Crippen LogP contribution is 2.38. The van der Waals surface area contributed by atoms with Gasteiger partial charge in [-0.25, -0.2) is 4.68 Å². The standard InChI is InChI=1S/C18H17BrN4O/c1-24-15-7-3-4-12(9-15)16-10-17(13-5-2-6-14(19)8-13)23-18(22-16)20-11-21-23/h2-9,11,16-17H,10H2,1H3,(H,20,21,22)/t16-,17-/m0/s1. The molecule has 3 aromatic rings. The zero-order valence-corrected chi connectivity index (χ0v) is 14.8. The lowest BCUT2D eigenvalue weighted by Gasteiger charge is -2.32. The minimum Gasteiger partial charge on any atom is -0.497 e. The van der Waals surface area contributed by atoms with Crippen LogP contribution in [0, 0.1) is 0 Å². The van der Waals surface area contributed by atoms with Crippen molar-refractivity contribution in [2.45, 2.75) is 18.5 Å². The van der Waals surface area contributed by atoms with E-state index < -0.39 is 0 Å². The average molecular weight is 385 g/mol. The topological polar surface area (TPSA) is 52.0 Å². The number of halogens is 1. The third-order valence-corrected chi connectivity index (χ3v) is 4.85. The van der Waals surface area contributed by atoms with Crippen LogP contribution in [-0.4, -0.2) is 21.9 Å². The van der Waals surface area contributed by atoms with Crippen molar-refractivity contribution >= 4 is 21.9 Å². The smallest absolute Gasteiger partial charge is 0.222 e. The zero-order valence-electron chi connectivity index (χ0n) is 13.2. The fourth-order valence-electron chi connectivity index (χ4n) is 3.19. The maximum atomic E-state index is 5.36. The maximum Gasteiger partial charge on any atom is 0.222 e. The number of ether oxygens (including phenoxy) is 1. The summed E-state index contributed by atoms with van der Waals surface area (Å²) in [6, 6.07) is 16.8. The fourth-order valence-corrected chi connectivity index (χ4v) is 3.61. The van der Waals surface area contributed by atoms with Crippen molar-refractivity contribution in [1.29, 1.82) is 0 Å². The van der Waals surface area contributed by atoms with Crippen molar-refractivity contribution in [1.82, 2.24) is 14.8 Å². The lowest BCUT2D eigenvalue weighted by molar-refractivity contribution is 0.410. The molecule has 2 atom stereocenters. The Hall–Kier alpha value is -2.34. The van der Waals surface area contributed by atoms with Gasteiger partial charge < -0.3 is 10.1 Å². The predicted octanol–water partition coefficient (Wildman–Crippen LogP) is 4.20. The molecule has 0 radical (unpaired) electrons. The van der Waals surface area contributed by atoms with Gasteiger partial charge in [0.15, 0.2) is 0 Å². The Balaban J connectivity index is 1.73. The molecule has 1 aromatic heterocycles. The molecule has 24 heavy (non-hydrogen) atoms. The minimum atomic E-state index is 0.137. The Labute approximate surface area is 148 Å². The van der Waals surface area contributed by atoms with Crippen LogP contribution in [-0.2, 0) is 0 Å². The van der Waals surface area contributed by atoms with Crippen LogP contribution in [0.15, 0.2) is 59.3 Å². The summed E-state index contributed by atoms with van der Waals surface area (Å²) in [4.78, 5) is 4.37. The maximum absolute atomic E-state index is 5.36. The third kappa shape index (κ3) is 2.78. The van der Waals surface area contributed by atoms with Crippen molar-refractivity contribution in [2.75, 3.05) is 12.4 Å². The van der Waals surface area contributed by atoms with Gasteiger partial charge in [-0.15, -0.1) is 0 Å². The molecule has 0 fully saturated rings. The second-order valence-corrected chi connectivity index (χ2v) is 6.72. The first-order valence-corrected chi connectivity index (χ1v) is 8.59. The van der Waals surface area contributed by atoms with Crippen LogP contribution in [0.1, 0.15) is 29.6 Å². The van der Waals surface area contributed by atoms with Crippen LogP contribution >= 0.6 is 15.9 Å². The highest BCUT2D eigenvalue weighted by molar-refractivity contribution is 9.10. The number of aromatic nitrogens is 3. The molecule has 0 unspecified atom stereocenters. The number of methoxy groups -OCH3 is 1. The number of nitrogens with one attached hydrogen (secondary N) is 1. The molecule has 5 nitrogen and oxygen atoms in total. The van der Waals surface area contributed by atoms with E-state index in [9.17, 15) is 0 Å². The van der Waals surface area contributed by atoms with Gasteiger partial charge in [0.25, 0.3) is 0 Å². The Morgan fingerprint density at radius 2 is 2.00 bits per heavy atom. The number of fused-ring (bicyclic) bond motifs is 1. The van der Waals surface area contributed by atoms with Crippen LogP contribution in [0.3, 0.4) is 0 Å². The molecular formula is C18H17BrN4O. The summed E-state index contributed by atoms with van der Waals surface area (Å²) in [6.07, 6.45) is 2.49. The highest BCUT2D eigenvalue weighted by Gasteiger charge is 2.30. The molecule has 0 bridgehead atoms. The zero-order chi connectivity index (χ0) is 16.5. The number of hydrogen-bond acceptors (Lipinski definition) is 4. The molecule has 0 spiro atoms. The van der Waals surface area contributed by atoms with E-state index in [1.165, 1.54) is 11.1 Å². The average Bonchev–Trinajstić information content (AvgIpc) is 3.09. The molecule has 0 amide bonds.